The van der Waals surface area contributed by atoms with Gasteiger partial charge in [-0.1, -0.05) is 23.8 Å². The molecule has 0 saturated heterocycles. The molecule has 1 aromatic rings. The first kappa shape index (κ1) is 12.7. The molecule has 0 heterocycles. The number of aliphatic carboxylic acids is 1. The highest BCUT2D eigenvalue weighted by atomic mass is 16.4. The van der Waals surface area contributed by atoms with Crippen molar-refractivity contribution in [1.82, 2.24) is 4.90 Å². The van der Waals surface area contributed by atoms with Crippen LogP contribution in [0.1, 0.15) is 23.1 Å². The van der Waals surface area contributed by atoms with E-state index in [0.717, 1.165) is 6.54 Å². The number of carboxylic acids is 1. The predicted octanol–water partition coefficient (Wildman–Crippen LogP) is 2.21. The van der Waals surface area contributed by atoms with Gasteiger partial charge in [0.05, 0.1) is 6.42 Å². The standard InChI is InChI=1S/C13H19NO2/c1-10-4-5-12(11(2)8-10)9-14(3)7-6-13(15)16/h4-5,8H,6-7,9H2,1-3H3,(H,15,16). The van der Waals surface area contributed by atoms with Crippen LogP contribution >= 0.6 is 0 Å². The van der Waals surface area contributed by atoms with E-state index in [2.05, 4.69) is 32.0 Å². The third-order valence-corrected chi connectivity index (χ3v) is 2.65. The van der Waals surface area contributed by atoms with Crippen LogP contribution in [-0.2, 0) is 11.3 Å². The van der Waals surface area contributed by atoms with Gasteiger partial charge in [-0.05, 0) is 32.0 Å². The lowest BCUT2D eigenvalue weighted by molar-refractivity contribution is -0.137. The number of aryl methyl sites for hydroxylation is 2. The molecule has 3 heteroatoms. The average Bonchev–Trinajstić information content (AvgIpc) is 2.19. The van der Waals surface area contributed by atoms with Crippen LogP contribution in [0.25, 0.3) is 0 Å². The first-order chi connectivity index (χ1) is 7.49. The highest BCUT2D eigenvalue weighted by Gasteiger charge is 2.05. The van der Waals surface area contributed by atoms with E-state index in [9.17, 15) is 4.79 Å². The van der Waals surface area contributed by atoms with Crippen molar-refractivity contribution >= 4 is 5.97 Å². The molecule has 0 amide bonds. The summed E-state index contributed by atoms with van der Waals surface area (Å²) in [4.78, 5) is 12.5. The van der Waals surface area contributed by atoms with Gasteiger partial charge in [-0.25, -0.2) is 0 Å². The Kier molecular flexibility index (Phi) is 4.50. The van der Waals surface area contributed by atoms with E-state index in [4.69, 9.17) is 5.11 Å². The molecule has 0 aliphatic carbocycles. The highest BCUT2D eigenvalue weighted by Crippen LogP contribution is 2.12. The van der Waals surface area contributed by atoms with E-state index in [0.29, 0.717) is 6.54 Å². The summed E-state index contributed by atoms with van der Waals surface area (Å²) < 4.78 is 0. The summed E-state index contributed by atoms with van der Waals surface area (Å²) in [6, 6.07) is 6.36. The van der Waals surface area contributed by atoms with Crippen molar-refractivity contribution in [2.75, 3.05) is 13.6 Å². The minimum atomic E-state index is -0.743. The van der Waals surface area contributed by atoms with Gasteiger partial charge in [0.2, 0.25) is 0 Å². The second-order valence-corrected chi connectivity index (χ2v) is 4.31. The molecule has 0 atom stereocenters. The van der Waals surface area contributed by atoms with Gasteiger partial charge in [-0.2, -0.15) is 0 Å². The molecule has 0 unspecified atom stereocenters. The Labute approximate surface area is 96.7 Å². The van der Waals surface area contributed by atoms with Crippen LogP contribution < -0.4 is 0 Å². The van der Waals surface area contributed by atoms with Gasteiger partial charge < -0.3 is 10.0 Å². The largest absolute Gasteiger partial charge is 0.481 e. The van der Waals surface area contributed by atoms with Crippen molar-refractivity contribution in [3.05, 3.63) is 34.9 Å². The smallest absolute Gasteiger partial charge is 0.304 e. The predicted molar refractivity (Wildman–Crippen MR) is 64.5 cm³/mol. The second kappa shape index (κ2) is 5.66. The maximum Gasteiger partial charge on any atom is 0.304 e. The van der Waals surface area contributed by atoms with Gasteiger partial charge in [-0.3, -0.25) is 4.79 Å². The zero-order chi connectivity index (χ0) is 12.1. The molecule has 1 aromatic carbocycles. The quantitative estimate of drug-likeness (QED) is 0.828. The lowest BCUT2D eigenvalue weighted by atomic mass is 10.1. The molecule has 16 heavy (non-hydrogen) atoms. The first-order valence-corrected chi connectivity index (χ1v) is 5.45. The third-order valence-electron chi connectivity index (χ3n) is 2.65. The van der Waals surface area contributed by atoms with Crippen LogP contribution in [0.5, 0.6) is 0 Å². The Morgan fingerprint density at radius 1 is 1.38 bits per heavy atom. The molecule has 1 N–H and O–H groups in total. The lowest BCUT2D eigenvalue weighted by Gasteiger charge is -2.17. The number of carbonyl (C=O) groups is 1. The molecular weight excluding hydrogens is 202 g/mol. The maximum absolute atomic E-state index is 10.4. The van der Waals surface area contributed by atoms with Gasteiger partial charge in [0.1, 0.15) is 0 Å². The summed E-state index contributed by atoms with van der Waals surface area (Å²) in [7, 11) is 1.95. The molecule has 88 valence electrons. The minimum absolute atomic E-state index is 0.196. The van der Waals surface area contributed by atoms with Gasteiger partial charge >= 0.3 is 5.97 Å². The Morgan fingerprint density at radius 3 is 2.62 bits per heavy atom. The Bertz CT molecular complexity index is 374. The fourth-order valence-electron chi connectivity index (χ4n) is 1.68. The summed E-state index contributed by atoms with van der Waals surface area (Å²) in [5.74, 6) is -0.743. The van der Waals surface area contributed by atoms with E-state index in [1.54, 1.807) is 0 Å². The molecule has 0 radical (unpaired) electrons. The first-order valence-electron chi connectivity index (χ1n) is 5.45. The van der Waals surface area contributed by atoms with Crippen LogP contribution in [0, 0.1) is 13.8 Å². The summed E-state index contributed by atoms with van der Waals surface area (Å²) >= 11 is 0. The Morgan fingerprint density at radius 2 is 2.06 bits per heavy atom. The molecule has 0 spiro atoms. The van der Waals surface area contributed by atoms with Gasteiger partial charge in [0, 0.05) is 13.1 Å². The van der Waals surface area contributed by atoms with E-state index in [1.807, 2.05) is 11.9 Å². The fraction of sp³-hybridized carbons (Fsp3) is 0.462. The molecule has 0 saturated carbocycles. The topological polar surface area (TPSA) is 40.5 Å². The zero-order valence-corrected chi connectivity index (χ0v) is 10.2. The minimum Gasteiger partial charge on any atom is -0.481 e. The molecular formula is C13H19NO2. The molecule has 1 rings (SSSR count). The molecule has 0 fully saturated rings. The van der Waals surface area contributed by atoms with Crippen molar-refractivity contribution in [1.29, 1.82) is 0 Å². The van der Waals surface area contributed by atoms with Crippen molar-refractivity contribution < 1.29 is 9.90 Å². The fourth-order valence-corrected chi connectivity index (χ4v) is 1.68. The van der Waals surface area contributed by atoms with E-state index < -0.39 is 5.97 Å². The summed E-state index contributed by atoms with van der Waals surface area (Å²) in [5, 5.41) is 8.59. The second-order valence-electron chi connectivity index (χ2n) is 4.31. The number of carboxylic acid groups (broad SMARTS) is 1. The molecule has 0 aromatic heterocycles. The van der Waals surface area contributed by atoms with Crippen molar-refractivity contribution in [3.63, 3.8) is 0 Å². The maximum atomic E-state index is 10.4. The molecule has 3 nitrogen and oxygen atoms in total. The number of nitrogens with zero attached hydrogens (tertiary/aromatic N) is 1. The van der Waals surface area contributed by atoms with Crippen LogP contribution in [0.4, 0.5) is 0 Å². The third kappa shape index (κ3) is 4.03. The van der Waals surface area contributed by atoms with E-state index in [-0.39, 0.29) is 6.42 Å². The number of hydrogen-bond acceptors (Lipinski definition) is 2. The summed E-state index contributed by atoms with van der Waals surface area (Å²) in [6.07, 6.45) is 0.196. The highest BCUT2D eigenvalue weighted by molar-refractivity contribution is 5.66. The molecule has 0 aliphatic rings. The number of rotatable bonds is 5. The number of benzene rings is 1. The normalized spacial score (nSPS) is 10.8. The molecule has 0 aliphatic heterocycles. The Balaban J connectivity index is 2.55. The zero-order valence-electron chi connectivity index (χ0n) is 10.2. The number of hydrogen-bond donors (Lipinski definition) is 1. The lowest BCUT2D eigenvalue weighted by Crippen LogP contribution is -2.21. The monoisotopic (exact) mass is 221 g/mol. The van der Waals surface area contributed by atoms with E-state index >= 15 is 0 Å². The SMILES string of the molecule is Cc1ccc(CN(C)CCC(=O)O)c(C)c1. The molecule has 0 bridgehead atoms. The van der Waals surface area contributed by atoms with Crippen LogP contribution in [-0.4, -0.2) is 29.6 Å². The summed E-state index contributed by atoms with van der Waals surface area (Å²) in [6.45, 7) is 5.56. The van der Waals surface area contributed by atoms with Crippen molar-refractivity contribution in [2.24, 2.45) is 0 Å². The van der Waals surface area contributed by atoms with Crippen LogP contribution in [0.3, 0.4) is 0 Å². The van der Waals surface area contributed by atoms with Crippen LogP contribution in [0.2, 0.25) is 0 Å². The Hall–Kier alpha value is -1.35. The van der Waals surface area contributed by atoms with Crippen LogP contribution in [0.15, 0.2) is 18.2 Å². The van der Waals surface area contributed by atoms with Crippen molar-refractivity contribution in [2.45, 2.75) is 26.8 Å². The van der Waals surface area contributed by atoms with Crippen molar-refractivity contribution in [3.8, 4) is 0 Å². The van der Waals surface area contributed by atoms with Gasteiger partial charge in [0.25, 0.3) is 0 Å². The van der Waals surface area contributed by atoms with E-state index in [1.165, 1.54) is 16.7 Å². The summed E-state index contributed by atoms with van der Waals surface area (Å²) in [5.41, 5.74) is 3.79. The average molecular weight is 221 g/mol. The van der Waals surface area contributed by atoms with Gasteiger partial charge in [-0.15, -0.1) is 0 Å². The van der Waals surface area contributed by atoms with Gasteiger partial charge in [0.15, 0.2) is 0 Å².